The van der Waals surface area contributed by atoms with Crippen molar-refractivity contribution in [2.24, 2.45) is 11.7 Å². The summed E-state index contributed by atoms with van der Waals surface area (Å²) in [6.45, 7) is 5.43. The third-order valence-electron chi connectivity index (χ3n) is 5.82. The summed E-state index contributed by atoms with van der Waals surface area (Å²) in [6.07, 6.45) is 3.81. The molecule has 0 unspecified atom stereocenters. The molecule has 1 saturated heterocycles. The number of nitrogens with two attached hydrogens (primary N) is 1. The van der Waals surface area contributed by atoms with Gasteiger partial charge < -0.3 is 20.7 Å². The molecule has 2 aromatic rings. The van der Waals surface area contributed by atoms with E-state index in [1.54, 1.807) is 0 Å². The molecule has 0 atom stereocenters. The van der Waals surface area contributed by atoms with Crippen molar-refractivity contribution in [3.05, 3.63) is 59.7 Å². The van der Waals surface area contributed by atoms with E-state index in [-0.39, 0.29) is 17.7 Å². The lowest BCUT2D eigenvalue weighted by Gasteiger charge is -2.30. The van der Waals surface area contributed by atoms with Gasteiger partial charge in [-0.05, 0) is 81.1 Å². The molecule has 31 heavy (non-hydrogen) atoms. The van der Waals surface area contributed by atoms with Crippen LogP contribution in [0.2, 0.25) is 0 Å². The molecular weight excluding hydrogens is 390 g/mol. The van der Waals surface area contributed by atoms with Crippen LogP contribution in [0.3, 0.4) is 0 Å². The van der Waals surface area contributed by atoms with Gasteiger partial charge >= 0.3 is 0 Å². The number of carbonyl (C=O) groups excluding carboxylic acids is 2. The zero-order valence-electron chi connectivity index (χ0n) is 18.3. The Morgan fingerprint density at radius 2 is 1.61 bits per heavy atom. The van der Waals surface area contributed by atoms with E-state index in [9.17, 15) is 9.59 Å². The van der Waals surface area contributed by atoms with Crippen LogP contribution in [0.1, 0.15) is 37.3 Å². The molecule has 0 aromatic heterocycles. The van der Waals surface area contributed by atoms with Crippen LogP contribution in [-0.2, 0) is 22.4 Å². The van der Waals surface area contributed by atoms with E-state index in [4.69, 9.17) is 10.5 Å². The van der Waals surface area contributed by atoms with Gasteiger partial charge in [-0.15, -0.1) is 0 Å². The van der Waals surface area contributed by atoms with Gasteiger partial charge in [0, 0.05) is 24.6 Å². The fourth-order valence-corrected chi connectivity index (χ4v) is 3.88. The van der Waals surface area contributed by atoms with E-state index in [0.29, 0.717) is 19.4 Å². The molecule has 0 radical (unpaired) electrons. The van der Waals surface area contributed by atoms with Gasteiger partial charge in [0.05, 0.1) is 6.61 Å². The maximum Gasteiger partial charge on any atom is 0.224 e. The van der Waals surface area contributed by atoms with E-state index in [1.807, 2.05) is 43.3 Å². The molecule has 166 valence electrons. The first-order chi connectivity index (χ1) is 15.0. The second-order valence-electron chi connectivity index (χ2n) is 8.09. The number of piperidine rings is 1. The maximum atomic E-state index is 12.3. The molecule has 6 nitrogen and oxygen atoms in total. The SMILES string of the molecule is CCOc1ccc(CCC(=O)Nc2ccc(CCN3CCC(C(N)=O)CC3)cc2)cc1. The number of amides is 2. The van der Waals surface area contributed by atoms with Crippen molar-refractivity contribution in [1.82, 2.24) is 4.90 Å². The number of nitrogens with zero attached hydrogens (tertiary/aromatic N) is 1. The second-order valence-corrected chi connectivity index (χ2v) is 8.09. The van der Waals surface area contributed by atoms with E-state index in [0.717, 1.165) is 55.9 Å². The van der Waals surface area contributed by atoms with Crippen molar-refractivity contribution in [3.8, 4) is 5.75 Å². The lowest BCUT2D eigenvalue weighted by molar-refractivity contribution is -0.123. The van der Waals surface area contributed by atoms with Crippen molar-refractivity contribution in [2.75, 3.05) is 31.6 Å². The molecule has 3 rings (SSSR count). The Morgan fingerprint density at radius 1 is 1.00 bits per heavy atom. The average molecular weight is 424 g/mol. The van der Waals surface area contributed by atoms with Crippen LogP contribution in [0.4, 0.5) is 5.69 Å². The predicted octanol–water partition coefficient (Wildman–Crippen LogP) is 3.40. The van der Waals surface area contributed by atoms with Crippen LogP contribution in [-0.4, -0.2) is 43.0 Å². The minimum Gasteiger partial charge on any atom is -0.494 e. The number of carbonyl (C=O) groups is 2. The molecular formula is C25H33N3O3. The molecule has 0 aliphatic carbocycles. The Labute approximate surface area is 184 Å². The molecule has 0 bridgehead atoms. The summed E-state index contributed by atoms with van der Waals surface area (Å²) < 4.78 is 5.44. The standard InChI is InChI=1S/C25H33N3O3/c1-2-31-23-10-5-19(6-11-23)7-12-24(29)27-22-8-3-20(4-9-22)13-16-28-17-14-21(15-18-28)25(26)30/h3-6,8-11,21H,2,7,12-18H2,1H3,(H2,26,30)(H,27,29). The monoisotopic (exact) mass is 423 g/mol. The summed E-state index contributed by atoms with van der Waals surface area (Å²) >= 11 is 0. The summed E-state index contributed by atoms with van der Waals surface area (Å²) in [6, 6.07) is 15.9. The smallest absolute Gasteiger partial charge is 0.224 e. The van der Waals surface area contributed by atoms with Gasteiger partial charge in [-0.25, -0.2) is 0 Å². The minimum atomic E-state index is -0.170. The highest BCUT2D eigenvalue weighted by atomic mass is 16.5. The van der Waals surface area contributed by atoms with E-state index in [2.05, 4.69) is 22.3 Å². The largest absolute Gasteiger partial charge is 0.494 e. The van der Waals surface area contributed by atoms with Gasteiger partial charge in [-0.1, -0.05) is 24.3 Å². The molecule has 1 fully saturated rings. The van der Waals surface area contributed by atoms with Crippen molar-refractivity contribution in [3.63, 3.8) is 0 Å². The topological polar surface area (TPSA) is 84.7 Å². The molecule has 0 spiro atoms. The number of nitrogens with one attached hydrogen (secondary N) is 1. The highest BCUT2D eigenvalue weighted by Crippen LogP contribution is 2.18. The zero-order chi connectivity index (χ0) is 22.1. The second kappa shape index (κ2) is 11.5. The van der Waals surface area contributed by atoms with E-state index < -0.39 is 0 Å². The van der Waals surface area contributed by atoms with Crippen LogP contribution >= 0.6 is 0 Å². The molecule has 1 aliphatic heterocycles. The lowest BCUT2D eigenvalue weighted by atomic mass is 9.96. The number of primary amides is 1. The molecule has 1 aliphatic rings. The summed E-state index contributed by atoms with van der Waals surface area (Å²) in [5.41, 5.74) is 8.58. The van der Waals surface area contributed by atoms with E-state index >= 15 is 0 Å². The fourth-order valence-electron chi connectivity index (χ4n) is 3.88. The summed E-state index contributed by atoms with van der Waals surface area (Å²) in [4.78, 5) is 25.9. The third-order valence-corrected chi connectivity index (χ3v) is 5.82. The van der Waals surface area contributed by atoms with Gasteiger partial charge in [0.1, 0.15) is 5.75 Å². The minimum absolute atomic E-state index is 0.0129. The van der Waals surface area contributed by atoms with Gasteiger partial charge in [0.2, 0.25) is 11.8 Å². The third kappa shape index (κ3) is 7.40. The Morgan fingerprint density at radius 3 is 2.23 bits per heavy atom. The fraction of sp³-hybridized carbons (Fsp3) is 0.440. The van der Waals surface area contributed by atoms with Gasteiger partial charge in [-0.2, -0.15) is 0 Å². The number of hydrogen-bond acceptors (Lipinski definition) is 4. The van der Waals surface area contributed by atoms with Crippen LogP contribution in [0.5, 0.6) is 5.75 Å². The Balaban J connectivity index is 1.37. The molecule has 6 heteroatoms. The number of benzene rings is 2. The number of ether oxygens (including phenoxy) is 1. The summed E-state index contributed by atoms with van der Waals surface area (Å²) in [5.74, 6) is 0.732. The molecule has 2 amide bonds. The Kier molecular flexibility index (Phi) is 8.47. The molecule has 3 N–H and O–H groups in total. The van der Waals surface area contributed by atoms with Crippen LogP contribution in [0.15, 0.2) is 48.5 Å². The normalized spacial score (nSPS) is 14.9. The maximum absolute atomic E-state index is 12.3. The highest BCUT2D eigenvalue weighted by Gasteiger charge is 2.22. The molecule has 2 aromatic carbocycles. The first kappa shape index (κ1) is 22.8. The quantitative estimate of drug-likeness (QED) is 0.613. The number of anilines is 1. The van der Waals surface area contributed by atoms with Crippen molar-refractivity contribution < 1.29 is 14.3 Å². The first-order valence-corrected chi connectivity index (χ1v) is 11.2. The van der Waals surface area contributed by atoms with Crippen molar-refractivity contribution >= 4 is 17.5 Å². The number of hydrogen-bond donors (Lipinski definition) is 2. The highest BCUT2D eigenvalue weighted by molar-refractivity contribution is 5.90. The van der Waals surface area contributed by atoms with Crippen LogP contribution in [0.25, 0.3) is 0 Å². The number of likely N-dealkylation sites (tertiary alicyclic amines) is 1. The number of rotatable bonds is 10. The average Bonchev–Trinajstić information content (AvgIpc) is 2.78. The van der Waals surface area contributed by atoms with Gasteiger partial charge in [0.15, 0.2) is 0 Å². The van der Waals surface area contributed by atoms with E-state index in [1.165, 1.54) is 5.56 Å². The summed E-state index contributed by atoms with van der Waals surface area (Å²) in [7, 11) is 0. The molecule has 1 heterocycles. The first-order valence-electron chi connectivity index (χ1n) is 11.2. The van der Waals surface area contributed by atoms with Crippen LogP contribution < -0.4 is 15.8 Å². The van der Waals surface area contributed by atoms with Gasteiger partial charge in [0.25, 0.3) is 0 Å². The predicted molar refractivity (Wildman–Crippen MR) is 123 cm³/mol. The Hall–Kier alpha value is -2.86. The van der Waals surface area contributed by atoms with Crippen molar-refractivity contribution in [2.45, 2.75) is 39.0 Å². The zero-order valence-corrected chi connectivity index (χ0v) is 18.3. The van der Waals surface area contributed by atoms with Crippen LogP contribution in [0, 0.1) is 5.92 Å². The van der Waals surface area contributed by atoms with Crippen molar-refractivity contribution in [1.29, 1.82) is 0 Å². The number of aryl methyl sites for hydroxylation is 1. The van der Waals surface area contributed by atoms with Gasteiger partial charge in [-0.3, -0.25) is 9.59 Å². The molecule has 0 saturated carbocycles. The summed E-state index contributed by atoms with van der Waals surface area (Å²) in [5, 5.41) is 2.97. The Bertz CT molecular complexity index is 841. The lowest BCUT2D eigenvalue weighted by Crippen LogP contribution is -2.39.